The van der Waals surface area contributed by atoms with E-state index in [9.17, 15) is 9.59 Å². The third kappa shape index (κ3) is 3.45. The van der Waals surface area contributed by atoms with Crippen LogP contribution in [0.25, 0.3) is 5.65 Å². The number of imidazole rings is 1. The summed E-state index contributed by atoms with van der Waals surface area (Å²) in [6, 6.07) is 4.24. The lowest BCUT2D eigenvalue weighted by atomic mass is 9.80. The molecule has 6 nitrogen and oxygen atoms in total. The third-order valence-electron chi connectivity index (χ3n) is 6.12. The molecule has 2 aromatic heterocycles. The molecule has 2 aromatic rings. The SMILES string of the molecule is Cc1cccn2cc(C(=O)N3CCCC(C)(C(=O)NC4CCCC4)C3)nc12. The van der Waals surface area contributed by atoms with E-state index in [4.69, 9.17) is 0 Å². The molecule has 6 heteroatoms. The maximum atomic E-state index is 13.1. The molecule has 1 unspecified atom stereocenters. The van der Waals surface area contributed by atoms with Gasteiger partial charge in [0, 0.05) is 31.5 Å². The van der Waals surface area contributed by atoms with Crippen LogP contribution in [0.3, 0.4) is 0 Å². The Labute approximate surface area is 159 Å². The van der Waals surface area contributed by atoms with Gasteiger partial charge < -0.3 is 14.6 Å². The number of carbonyl (C=O) groups excluding carboxylic acids is 2. The van der Waals surface area contributed by atoms with E-state index in [0.29, 0.717) is 24.8 Å². The number of nitrogens with zero attached hydrogens (tertiary/aromatic N) is 3. The van der Waals surface area contributed by atoms with Gasteiger partial charge in [0.1, 0.15) is 11.3 Å². The molecule has 1 saturated carbocycles. The lowest BCUT2D eigenvalue weighted by Crippen LogP contribution is -2.53. The lowest BCUT2D eigenvalue weighted by Gasteiger charge is -2.39. The second kappa shape index (κ2) is 6.98. The normalized spacial score (nSPS) is 23.7. The molecule has 2 aliphatic rings. The Hall–Kier alpha value is -2.37. The first-order valence-electron chi connectivity index (χ1n) is 10.0. The Bertz CT molecular complexity index is 868. The summed E-state index contributed by atoms with van der Waals surface area (Å²) in [6.45, 7) is 5.11. The second-order valence-corrected chi connectivity index (χ2v) is 8.39. The molecule has 1 saturated heterocycles. The van der Waals surface area contributed by atoms with Crippen molar-refractivity contribution in [2.24, 2.45) is 5.41 Å². The minimum atomic E-state index is -0.522. The van der Waals surface area contributed by atoms with Crippen molar-refractivity contribution in [2.75, 3.05) is 13.1 Å². The van der Waals surface area contributed by atoms with Crippen LogP contribution in [0.1, 0.15) is 61.5 Å². The summed E-state index contributed by atoms with van der Waals surface area (Å²) in [4.78, 5) is 32.3. The summed E-state index contributed by atoms with van der Waals surface area (Å²) in [5.74, 6) is 0.00966. The number of hydrogen-bond acceptors (Lipinski definition) is 3. The average Bonchev–Trinajstić information content (AvgIpc) is 3.31. The van der Waals surface area contributed by atoms with Gasteiger partial charge in [-0.1, -0.05) is 18.9 Å². The number of piperidine rings is 1. The number of aryl methyl sites for hydroxylation is 1. The Morgan fingerprint density at radius 1 is 1.26 bits per heavy atom. The molecule has 4 rings (SSSR count). The zero-order valence-corrected chi connectivity index (χ0v) is 16.2. The first kappa shape index (κ1) is 18.0. The van der Waals surface area contributed by atoms with E-state index in [1.165, 1.54) is 12.8 Å². The van der Waals surface area contributed by atoms with Crippen LogP contribution in [0.5, 0.6) is 0 Å². The van der Waals surface area contributed by atoms with Gasteiger partial charge in [0.25, 0.3) is 5.91 Å². The van der Waals surface area contributed by atoms with Crippen molar-refractivity contribution in [2.45, 2.75) is 58.4 Å². The van der Waals surface area contributed by atoms with E-state index in [1.807, 2.05) is 36.6 Å². The Morgan fingerprint density at radius 3 is 2.78 bits per heavy atom. The predicted octanol–water partition coefficient (Wildman–Crippen LogP) is 2.94. The number of fused-ring (bicyclic) bond motifs is 1. The van der Waals surface area contributed by atoms with Crippen molar-refractivity contribution < 1.29 is 9.59 Å². The van der Waals surface area contributed by atoms with Gasteiger partial charge in [0.15, 0.2) is 0 Å². The topological polar surface area (TPSA) is 66.7 Å². The summed E-state index contributed by atoms with van der Waals surface area (Å²) in [5.41, 5.74) is 1.77. The largest absolute Gasteiger partial charge is 0.353 e. The molecule has 2 fully saturated rings. The Kier molecular flexibility index (Phi) is 4.66. The molecular formula is C21H28N4O2. The van der Waals surface area contributed by atoms with Crippen molar-refractivity contribution in [1.29, 1.82) is 0 Å². The van der Waals surface area contributed by atoms with Crippen LogP contribution in [-0.2, 0) is 4.79 Å². The highest BCUT2D eigenvalue weighted by Crippen LogP contribution is 2.31. The van der Waals surface area contributed by atoms with Crippen molar-refractivity contribution in [3.8, 4) is 0 Å². The fourth-order valence-electron chi connectivity index (χ4n) is 4.45. The van der Waals surface area contributed by atoms with E-state index >= 15 is 0 Å². The first-order chi connectivity index (χ1) is 13.0. The van der Waals surface area contributed by atoms with E-state index in [0.717, 1.165) is 36.9 Å². The molecule has 1 N–H and O–H groups in total. The predicted molar refractivity (Wildman–Crippen MR) is 104 cm³/mol. The number of hydrogen-bond donors (Lipinski definition) is 1. The molecule has 3 heterocycles. The van der Waals surface area contributed by atoms with E-state index in [-0.39, 0.29) is 11.8 Å². The smallest absolute Gasteiger partial charge is 0.274 e. The molecule has 0 bridgehead atoms. The summed E-state index contributed by atoms with van der Waals surface area (Å²) >= 11 is 0. The summed E-state index contributed by atoms with van der Waals surface area (Å²) in [5, 5.41) is 3.22. The Morgan fingerprint density at radius 2 is 2.04 bits per heavy atom. The van der Waals surface area contributed by atoms with Gasteiger partial charge in [-0.2, -0.15) is 0 Å². The zero-order chi connectivity index (χ0) is 19.0. The van der Waals surface area contributed by atoms with Crippen LogP contribution in [-0.4, -0.2) is 45.2 Å². The molecule has 1 aliphatic carbocycles. The zero-order valence-electron chi connectivity index (χ0n) is 16.2. The van der Waals surface area contributed by atoms with E-state index in [2.05, 4.69) is 10.3 Å². The van der Waals surface area contributed by atoms with Gasteiger partial charge in [-0.05, 0) is 51.2 Å². The molecule has 2 amide bonds. The van der Waals surface area contributed by atoms with Crippen LogP contribution in [0.4, 0.5) is 0 Å². The van der Waals surface area contributed by atoms with Gasteiger partial charge in [0.05, 0.1) is 5.41 Å². The highest BCUT2D eigenvalue weighted by atomic mass is 16.2. The van der Waals surface area contributed by atoms with E-state index < -0.39 is 5.41 Å². The standard InChI is InChI=1S/C21H28N4O2/c1-15-7-5-11-24-13-17(23-18(15)24)19(26)25-12-6-10-21(2,14-25)20(27)22-16-8-3-4-9-16/h5,7,11,13,16H,3-4,6,8-10,12,14H2,1-2H3,(H,22,27). The van der Waals surface area contributed by atoms with Gasteiger partial charge in [0.2, 0.25) is 5.91 Å². The fraction of sp³-hybridized carbons (Fsp3) is 0.571. The first-order valence-corrected chi connectivity index (χ1v) is 10.0. The molecule has 144 valence electrons. The van der Waals surface area contributed by atoms with Gasteiger partial charge in [-0.25, -0.2) is 4.98 Å². The fourth-order valence-corrected chi connectivity index (χ4v) is 4.45. The number of aromatic nitrogens is 2. The van der Waals surface area contributed by atoms with Crippen molar-refractivity contribution >= 4 is 17.5 Å². The monoisotopic (exact) mass is 368 g/mol. The lowest BCUT2D eigenvalue weighted by molar-refractivity contribution is -0.133. The summed E-state index contributed by atoms with van der Waals surface area (Å²) < 4.78 is 1.89. The molecule has 1 atom stereocenters. The van der Waals surface area contributed by atoms with E-state index in [1.54, 1.807) is 11.1 Å². The summed E-state index contributed by atoms with van der Waals surface area (Å²) in [7, 11) is 0. The quantitative estimate of drug-likeness (QED) is 0.906. The number of likely N-dealkylation sites (tertiary alicyclic amines) is 1. The van der Waals surface area contributed by atoms with Crippen LogP contribution < -0.4 is 5.32 Å². The second-order valence-electron chi connectivity index (χ2n) is 8.39. The number of carbonyl (C=O) groups is 2. The summed E-state index contributed by atoms with van der Waals surface area (Å²) in [6.07, 6.45) is 9.89. The third-order valence-corrected chi connectivity index (χ3v) is 6.12. The van der Waals surface area contributed by atoms with Crippen molar-refractivity contribution in [3.63, 3.8) is 0 Å². The number of amides is 2. The Balaban J connectivity index is 1.50. The highest BCUT2D eigenvalue weighted by Gasteiger charge is 2.40. The molecular weight excluding hydrogens is 340 g/mol. The van der Waals surface area contributed by atoms with Crippen LogP contribution in [0.2, 0.25) is 0 Å². The molecule has 1 aliphatic heterocycles. The minimum absolute atomic E-state index is 0.0855. The number of nitrogens with one attached hydrogen (secondary N) is 1. The molecule has 0 aromatic carbocycles. The number of pyridine rings is 1. The average molecular weight is 368 g/mol. The maximum Gasteiger partial charge on any atom is 0.274 e. The number of rotatable bonds is 3. The van der Waals surface area contributed by atoms with Crippen LogP contribution in [0, 0.1) is 12.3 Å². The van der Waals surface area contributed by atoms with Gasteiger partial charge >= 0.3 is 0 Å². The van der Waals surface area contributed by atoms with Gasteiger partial charge in [-0.15, -0.1) is 0 Å². The van der Waals surface area contributed by atoms with Gasteiger partial charge in [-0.3, -0.25) is 9.59 Å². The van der Waals surface area contributed by atoms with Crippen molar-refractivity contribution in [3.05, 3.63) is 35.8 Å². The molecule has 0 radical (unpaired) electrons. The molecule has 27 heavy (non-hydrogen) atoms. The minimum Gasteiger partial charge on any atom is -0.353 e. The highest BCUT2D eigenvalue weighted by molar-refractivity contribution is 5.94. The van der Waals surface area contributed by atoms with Crippen LogP contribution >= 0.6 is 0 Å². The van der Waals surface area contributed by atoms with Crippen LogP contribution in [0.15, 0.2) is 24.5 Å². The van der Waals surface area contributed by atoms with Crippen molar-refractivity contribution in [1.82, 2.24) is 19.6 Å². The maximum absolute atomic E-state index is 13.1. The molecule has 0 spiro atoms.